The lowest BCUT2D eigenvalue weighted by atomic mass is 10.2. The van der Waals surface area contributed by atoms with Gasteiger partial charge in [-0.05, 0) is 31.2 Å². The summed E-state index contributed by atoms with van der Waals surface area (Å²) in [7, 11) is 1.47. The number of thioether (sulfide) groups is 1. The fraction of sp³-hybridized carbons (Fsp3) is 0.211. The molecule has 0 atom stereocenters. The second kappa shape index (κ2) is 8.59. The highest BCUT2D eigenvalue weighted by atomic mass is 32.2. The van der Waals surface area contributed by atoms with Crippen molar-refractivity contribution >= 4 is 34.9 Å². The van der Waals surface area contributed by atoms with Gasteiger partial charge in [0, 0.05) is 12.1 Å². The fourth-order valence-corrected chi connectivity index (χ4v) is 3.48. The van der Waals surface area contributed by atoms with Crippen LogP contribution in [-0.2, 0) is 11.3 Å². The molecule has 0 aliphatic heterocycles. The molecule has 7 nitrogen and oxygen atoms in total. The Kier molecular flexibility index (Phi) is 5.97. The van der Waals surface area contributed by atoms with Gasteiger partial charge in [-0.2, -0.15) is 5.10 Å². The number of amides is 1. The maximum absolute atomic E-state index is 12.1. The molecule has 0 aliphatic rings. The number of nitrogens with zero attached hydrogens (tertiary/aromatic N) is 3. The summed E-state index contributed by atoms with van der Waals surface area (Å²) >= 11 is 1.36. The molecular formula is C19H20N4O3S. The molecule has 27 heavy (non-hydrogen) atoms. The number of hydrogen-bond acceptors (Lipinski definition) is 6. The summed E-state index contributed by atoms with van der Waals surface area (Å²) < 4.78 is 7.11. The minimum atomic E-state index is -0.256. The van der Waals surface area contributed by atoms with Crippen molar-refractivity contribution in [2.24, 2.45) is 5.10 Å². The van der Waals surface area contributed by atoms with Crippen LogP contribution in [-0.4, -0.2) is 39.6 Å². The van der Waals surface area contributed by atoms with Crippen molar-refractivity contribution in [1.82, 2.24) is 15.0 Å². The quantitative estimate of drug-likeness (QED) is 0.371. The number of hydrogen-bond donors (Lipinski definition) is 2. The van der Waals surface area contributed by atoms with E-state index in [0.717, 1.165) is 22.7 Å². The SMILES string of the molecule is CCn1c(SCC(=O)N/N=C/c2cccc(OC)c2O)nc2ccccc21. The Morgan fingerprint density at radius 1 is 1.33 bits per heavy atom. The lowest BCUT2D eigenvalue weighted by molar-refractivity contribution is -0.118. The van der Waals surface area contributed by atoms with Crippen molar-refractivity contribution in [1.29, 1.82) is 0 Å². The lowest BCUT2D eigenvalue weighted by Gasteiger charge is -2.05. The smallest absolute Gasteiger partial charge is 0.250 e. The molecule has 0 saturated heterocycles. The highest BCUT2D eigenvalue weighted by molar-refractivity contribution is 7.99. The Labute approximate surface area is 161 Å². The van der Waals surface area contributed by atoms with E-state index in [1.807, 2.05) is 31.2 Å². The Morgan fingerprint density at radius 3 is 2.93 bits per heavy atom. The summed E-state index contributed by atoms with van der Waals surface area (Å²) in [4.78, 5) is 16.6. The Morgan fingerprint density at radius 2 is 2.15 bits per heavy atom. The van der Waals surface area contributed by atoms with E-state index in [-0.39, 0.29) is 17.4 Å². The Balaban J connectivity index is 1.61. The van der Waals surface area contributed by atoms with E-state index < -0.39 is 0 Å². The zero-order chi connectivity index (χ0) is 19.2. The first-order valence-electron chi connectivity index (χ1n) is 8.40. The number of aromatic hydroxyl groups is 1. The molecule has 8 heteroatoms. The molecule has 3 aromatic rings. The van der Waals surface area contributed by atoms with Crippen LogP contribution in [0, 0.1) is 0 Å². The van der Waals surface area contributed by atoms with Crippen LogP contribution in [0.4, 0.5) is 0 Å². The number of phenolic OH excluding ortho intramolecular Hbond substituents is 1. The molecule has 2 N–H and O–H groups in total. The van der Waals surface area contributed by atoms with Gasteiger partial charge >= 0.3 is 0 Å². The molecule has 0 aliphatic carbocycles. The third-order valence-corrected chi connectivity index (χ3v) is 4.89. The van der Waals surface area contributed by atoms with Crippen LogP contribution in [0.5, 0.6) is 11.5 Å². The molecule has 1 aromatic heterocycles. The highest BCUT2D eigenvalue weighted by Gasteiger charge is 2.11. The number of fused-ring (bicyclic) bond motifs is 1. The predicted octanol–water partition coefficient (Wildman–Crippen LogP) is 3.01. The summed E-state index contributed by atoms with van der Waals surface area (Å²) in [5.41, 5.74) is 4.87. The topological polar surface area (TPSA) is 88.7 Å². The van der Waals surface area contributed by atoms with Crippen LogP contribution >= 0.6 is 11.8 Å². The molecule has 0 fully saturated rings. The maximum Gasteiger partial charge on any atom is 0.250 e. The first-order chi connectivity index (χ1) is 13.1. The zero-order valence-electron chi connectivity index (χ0n) is 15.0. The highest BCUT2D eigenvalue weighted by Crippen LogP contribution is 2.28. The normalized spacial score (nSPS) is 11.2. The van der Waals surface area contributed by atoms with Gasteiger partial charge in [-0.15, -0.1) is 0 Å². The van der Waals surface area contributed by atoms with Crippen LogP contribution < -0.4 is 10.2 Å². The number of carbonyl (C=O) groups is 1. The molecule has 0 saturated carbocycles. The van der Waals surface area contributed by atoms with E-state index in [9.17, 15) is 9.90 Å². The van der Waals surface area contributed by atoms with Gasteiger partial charge in [0.05, 0.1) is 30.1 Å². The van der Waals surface area contributed by atoms with E-state index in [1.165, 1.54) is 25.1 Å². The summed E-state index contributed by atoms with van der Waals surface area (Å²) in [5.74, 6) is 0.252. The van der Waals surface area contributed by atoms with Crippen molar-refractivity contribution in [2.75, 3.05) is 12.9 Å². The Hall–Kier alpha value is -3.00. The molecule has 140 valence electrons. The monoisotopic (exact) mass is 384 g/mol. The standard InChI is InChI=1S/C19H20N4O3S/c1-3-23-15-9-5-4-8-14(15)21-19(23)27-12-17(24)22-20-11-13-7-6-10-16(26-2)18(13)25/h4-11,25H,3,12H2,1-2H3,(H,22,24)/b20-11+. The van der Waals surface area contributed by atoms with Gasteiger partial charge in [0.2, 0.25) is 0 Å². The van der Waals surface area contributed by atoms with Crippen LogP contribution in [0.3, 0.4) is 0 Å². The van der Waals surface area contributed by atoms with Crippen molar-refractivity contribution < 1.29 is 14.6 Å². The van der Waals surface area contributed by atoms with Crippen LogP contribution in [0.15, 0.2) is 52.7 Å². The number of rotatable bonds is 7. The molecule has 0 radical (unpaired) electrons. The van der Waals surface area contributed by atoms with Crippen LogP contribution in [0.25, 0.3) is 11.0 Å². The molecule has 3 rings (SSSR count). The fourth-order valence-electron chi connectivity index (χ4n) is 2.61. The molecule has 1 heterocycles. The molecule has 0 unspecified atom stereocenters. The number of imidazole rings is 1. The third kappa shape index (κ3) is 4.22. The van der Waals surface area contributed by atoms with Gasteiger partial charge in [0.1, 0.15) is 0 Å². The molecule has 0 bridgehead atoms. The molecular weight excluding hydrogens is 364 g/mol. The van der Waals surface area contributed by atoms with E-state index in [2.05, 4.69) is 20.1 Å². The minimum absolute atomic E-state index is 0.0240. The average Bonchev–Trinajstić information content (AvgIpc) is 3.05. The average molecular weight is 384 g/mol. The van der Waals surface area contributed by atoms with Crippen molar-refractivity contribution in [3.05, 3.63) is 48.0 Å². The van der Waals surface area contributed by atoms with Crippen molar-refractivity contribution in [3.63, 3.8) is 0 Å². The van der Waals surface area contributed by atoms with Gasteiger partial charge < -0.3 is 14.4 Å². The van der Waals surface area contributed by atoms with Crippen LogP contribution in [0.1, 0.15) is 12.5 Å². The Bertz CT molecular complexity index is 984. The van der Waals surface area contributed by atoms with E-state index in [4.69, 9.17) is 4.74 Å². The molecule has 1 amide bonds. The number of hydrazone groups is 1. The predicted molar refractivity (Wildman–Crippen MR) is 107 cm³/mol. The number of aryl methyl sites for hydroxylation is 1. The van der Waals surface area contributed by atoms with E-state index in [1.54, 1.807) is 18.2 Å². The molecule has 2 aromatic carbocycles. The third-order valence-electron chi connectivity index (χ3n) is 3.91. The van der Waals surface area contributed by atoms with Gasteiger partial charge in [0.25, 0.3) is 5.91 Å². The van der Waals surface area contributed by atoms with Crippen LogP contribution in [0.2, 0.25) is 0 Å². The van der Waals surface area contributed by atoms with E-state index >= 15 is 0 Å². The first kappa shape index (κ1) is 18.8. The van der Waals surface area contributed by atoms with Crippen molar-refractivity contribution in [2.45, 2.75) is 18.6 Å². The largest absolute Gasteiger partial charge is 0.504 e. The number of carbonyl (C=O) groups excluding carboxylic acids is 1. The van der Waals surface area contributed by atoms with E-state index in [0.29, 0.717) is 11.3 Å². The second-order valence-corrected chi connectivity index (χ2v) is 6.55. The van der Waals surface area contributed by atoms with Gasteiger partial charge in [-0.3, -0.25) is 4.79 Å². The second-order valence-electron chi connectivity index (χ2n) is 5.61. The summed E-state index contributed by atoms with van der Waals surface area (Å²) in [6.45, 7) is 2.82. The number of methoxy groups -OCH3 is 1. The number of para-hydroxylation sites is 3. The van der Waals surface area contributed by atoms with Crippen molar-refractivity contribution in [3.8, 4) is 11.5 Å². The number of benzene rings is 2. The maximum atomic E-state index is 12.1. The summed E-state index contributed by atoms with van der Waals surface area (Å²) in [6.07, 6.45) is 1.38. The minimum Gasteiger partial charge on any atom is -0.504 e. The molecule has 0 spiro atoms. The first-order valence-corrected chi connectivity index (χ1v) is 9.38. The van der Waals surface area contributed by atoms with Gasteiger partial charge in [0.15, 0.2) is 16.7 Å². The van der Waals surface area contributed by atoms with Gasteiger partial charge in [-0.25, -0.2) is 10.4 Å². The number of phenols is 1. The van der Waals surface area contributed by atoms with Gasteiger partial charge in [-0.1, -0.05) is 30.0 Å². The number of nitrogens with one attached hydrogen (secondary N) is 1. The zero-order valence-corrected chi connectivity index (χ0v) is 15.9. The number of ether oxygens (including phenoxy) is 1. The number of aromatic nitrogens is 2. The summed E-state index contributed by atoms with van der Waals surface area (Å²) in [6, 6.07) is 12.9. The summed E-state index contributed by atoms with van der Waals surface area (Å²) in [5, 5.41) is 14.7. The lowest BCUT2D eigenvalue weighted by Crippen LogP contribution is -2.20.